The van der Waals surface area contributed by atoms with Gasteiger partial charge in [-0.1, -0.05) is 20.8 Å². The summed E-state index contributed by atoms with van der Waals surface area (Å²) in [7, 11) is 1.94. The van der Waals surface area contributed by atoms with Gasteiger partial charge in [-0.05, 0) is 18.8 Å². The van der Waals surface area contributed by atoms with Crippen LogP contribution in [0.15, 0.2) is 0 Å². The van der Waals surface area contributed by atoms with Crippen molar-refractivity contribution >= 4 is 17.1 Å². The molecule has 2 aromatic heterocycles. The number of hydrogen-bond donors (Lipinski definition) is 1. The molecule has 0 aliphatic heterocycles. The van der Waals surface area contributed by atoms with Crippen LogP contribution in [0.5, 0.6) is 0 Å². The third-order valence-corrected chi connectivity index (χ3v) is 3.53. The maximum atomic E-state index is 5.99. The standard InChI is InChI=1S/C12H21N5/c1-7(2)8(3)6-17-11-10(14-12(17)13)9(4)15-16(11)5/h7-8H,6H2,1-5H3,(H2,13,14). The first-order valence-electron chi connectivity index (χ1n) is 6.07. The van der Waals surface area contributed by atoms with Gasteiger partial charge in [-0.15, -0.1) is 0 Å². The SMILES string of the molecule is Cc1nn(C)c2c1nc(N)n2CC(C)C(C)C. The van der Waals surface area contributed by atoms with Gasteiger partial charge in [-0.2, -0.15) is 5.10 Å². The van der Waals surface area contributed by atoms with E-state index >= 15 is 0 Å². The minimum absolute atomic E-state index is 0.560. The van der Waals surface area contributed by atoms with Crippen LogP contribution in [0.1, 0.15) is 26.5 Å². The average molecular weight is 235 g/mol. The maximum absolute atomic E-state index is 5.99. The van der Waals surface area contributed by atoms with Crippen molar-refractivity contribution in [1.29, 1.82) is 0 Å². The Kier molecular flexibility index (Phi) is 2.85. The van der Waals surface area contributed by atoms with E-state index in [1.165, 1.54) is 0 Å². The molecule has 2 aromatic rings. The summed E-state index contributed by atoms with van der Waals surface area (Å²) in [4.78, 5) is 4.40. The van der Waals surface area contributed by atoms with Crippen LogP contribution in [0.25, 0.3) is 11.2 Å². The van der Waals surface area contributed by atoms with Crippen molar-refractivity contribution < 1.29 is 0 Å². The van der Waals surface area contributed by atoms with Crippen LogP contribution in [0.4, 0.5) is 5.95 Å². The molecule has 94 valence electrons. The molecule has 2 heterocycles. The molecule has 0 fully saturated rings. The highest BCUT2D eigenvalue weighted by molar-refractivity contribution is 5.77. The fraction of sp³-hybridized carbons (Fsp3) is 0.667. The number of nitrogen functional groups attached to an aromatic ring is 1. The molecule has 0 spiro atoms. The van der Waals surface area contributed by atoms with Crippen molar-refractivity contribution in [3.8, 4) is 0 Å². The molecule has 0 saturated carbocycles. The predicted octanol–water partition coefficient (Wildman–Crippen LogP) is 1.95. The largest absolute Gasteiger partial charge is 0.369 e. The van der Waals surface area contributed by atoms with Crippen molar-refractivity contribution in [2.24, 2.45) is 18.9 Å². The van der Waals surface area contributed by atoms with Gasteiger partial charge in [0.2, 0.25) is 5.95 Å². The highest BCUT2D eigenvalue weighted by Crippen LogP contribution is 2.23. The van der Waals surface area contributed by atoms with E-state index in [1.807, 2.05) is 18.7 Å². The molecule has 0 aliphatic rings. The van der Waals surface area contributed by atoms with Crippen molar-refractivity contribution in [2.45, 2.75) is 34.2 Å². The van der Waals surface area contributed by atoms with Gasteiger partial charge in [0, 0.05) is 13.6 Å². The van der Waals surface area contributed by atoms with E-state index < -0.39 is 0 Å². The molecule has 0 saturated heterocycles. The first-order valence-corrected chi connectivity index (χ1v) is 6.07. The summed E-state index contributed by atoms with van der Waals surface area (Å²) in [5.41, 5.74) is 8.87. The molecule has 0 amide bonds. The molecule has 0 aromatic carbocycles. The Bertz CT molecular complexity index is 535. The molecule has 5 heteroatoms. The number of aryl methyl sites for hydroxylation is 2. The second kappa shape index (κ2) is 4.05. The van der Waals surface area contributed by atoms with Crippen LogP contribution in [0.2, 0.25) is 0 Å². The van der Waals surface area contributed by atoms with Gasteiger partial charge in [0.1, 0.15) is 5.52 Å². The molecule has 0 aliphatic carbocycles. The summed E-state index contributed by atoms with van der Waals surface area (Å²) >= 11 is 0. The lowest BCUT2D eigenvalue weighted by Crippen LogP contribution is -2.16. The monoisotopic (exact) mass is 235 g/mol. The number of aromatic nitrogens is 4. The number of hydrogen-bond acceptors (Lipinski definition) is 3. The number of rotatable bonds is 3. The van der Waals surface area contributed by atoms with E-state index in [0.717, 1.165) is 23.4 Å². The van der Waals surface area contributed by atoms with Crippen LogP contribution in [-0.2, 0) is 13.6 Å². The molecule has 2 N–H and O–H groups in total. The number of imidazole rings is 1. The number of nitrogens with two attached hydrogens (primary N) is 1. The van der Waals surface area contributed by atoms with Gasteiger partial charge < -0.3 is 5.73 Å². The molecule has 1 unspecified atom stereocenters. The van der Waals surface area contributed by atoms with Gasteiger partial charge in [-0.25, -0.2) is 4.98 Å². The predicted molar refractivity (Wildman–Crippen MR) is 69.7 cm³/mol. The Hall–Kier alpha value is -1.52. The van der Waals surface area contributed by atoms with E-state index in [1.54, 1.807) is 0 Å². The zero-order valence-electron chi connectivity index (χ0n) is 11.2. The Labute approximate surface area is 102 Å². The van der Waals surface area contributed by atoms with Crippen LogP contribution >= 0.6 is 0 Å². The fourth-order valence-electron chi connectivity index (χ4n) is 2.03. The molecular formula is C12H21N5. The molecule has 2 rings (SSSR count). The smallest absolute Gasteiger partial charge is 0.202 e. The Morgan fingerprint density at radius 2 is 1.94 bits per heavy atom. The van der Waals surface area contributed by atoms with Crippen LogP contribution in [0, 0.1) is 18.8 Å². The van der Waals surface area contributed by atoms with E-state index in [2.05, 4.69) is 35.4 Å². The fourth-order valence-corrected chi connectivity index (χ4v) is 2.03. The van der Waals surface area contributed by atoms with Gasteiger partial charge in [-0.3, -0.25) is 9.25 Å². The summed E-state index contributed by atoms with van der Waals surface area (Å²) < 4.78 is 3.93. The van der Waals surface area contributed by atoms with E-state index in [0.29, 0.717) is 17.8 Å². The normalized spacial score (nSPS) is 13.8. The molecule has 1 atom stereocenters. The number of fused-ring (bicyclic) bond motifs is 1. The Morgan fingerprint density at radius 3 is 2.53 bits per heavy atom. The van der Waals surface area contributed by atoms with E-state index in [-0.39, 0.29) is 0 Å². The zero-order valence-corrected chi connectivity index (χ0v) is 11.2. The highest BCUT2D eigenvalue weighted by atomic mass is 15.3. The lowest BCUT2D eigenvalue weighted by molar-refractivity contribution is 0.369. The zero-order chi connectivity index (χ0) is 12.7. The molecule has 0 bridgehead atoms. The van der Waals surface area contributed by atoms with E-state index in [4.69, 9.17) is 5.73 Å². The molecule has 5 nitrogen and oxygen atoms in total. The topological polar surface area (TPSA) is 61.7 Å². The average Bonchev–Trinajstić information content (AvgIpc) is 2.68. The molecular weight excluding hydrogens is 214 g/mol. The Morgan fingerprint density at radius 1 is 1.29 bits per heavy atom. The summed E-state index contributed by atoms with van der Waals surface area (Å²) in [5, 5.41) is 4.38. The number of nitrogens with zero attached hydrogens (tertiary/aromatic N) is 4. The van der Waals surface area contributed by atoms with E-state index in [9.17, 15) is 0 Å². The quantitative estimate of drug-likeness (QED) is 0.884. The van der Waals surface area contributed by atoms with Crippen molar-refractivity contribution in [3.63, 3.8) is 0 Å². The van der Waals surface area contributed by atoms with Gasteiger partial charge >= 0.3 is 0 Å². The lowest BCUT2D eigenvalue weighted by Gasteiger charge is -2.17. The second-order valence-electron chi connectivity index (χ2n) is 5.18. The van der Waals surface area contributed by atoms with Gasteiger partial charge in [0.25, 0.3) is 0 Å². The molecule has 0 radical (unpaired) electrons. The second-order valence-corrected chi connectivity index (χ2v) is 5.18. The highest BCUT2D eigenvalue weighted by Gasteiger charge is 2.18. The summed E-state index contributed by atoms with van der Waals surface area (Å²) in [5.74, 6) is 1.77. The van der Waals surface area contributed by atoms with Gasteiger partial charge in [0.15, 0.2) is 5.65 Å². The Balaban J connectivity index is 2.49. The third-order valence-electron chi connectivity index (χ3n) is 3.53. The minimum atomic E-state index is 0.560. The van der Waals surface area contributed by atoms with Crippen LogP contribution in [-0.4, -0.2) is 19.3 Å². The van der Waals surface area contributed by atoms with Crippen molar-refractivity contribution in [1.82, 2.24) is 19.3 Å². The summed E-state index contributed by atoms with van der Waals surface area (Å²) in [6.07, 6.45) is 0. The first-order chi connectivity index (χ1) is 7.91. The van der Waals surface area contributed by atoms with Crippen molar-refractivity contribution in [2.75, 3.05) is 5.73 Å². The lowest BCUT2D eigenvalue weighted by atomic mass is 9.98. The third kappa shape index (κ3) is 1.90. The minimum Gasteiger partial charge on any atom is -0.369 e. The van der Waals surface area contributed by atoms with Gasteiger partial charge in [0.05, 0.1) is 5.69 Å². The summed E-state index contributed by atoms with van der Waals surface area (Å²) in [6, 6.07) is 0. The maximum Gasteiger partial charge on any atom is 0.202 e. The van der Waals surface area contributed by atoms with Crippen molar-refractivity contribution in [3.05, 3.63) is 5.69 Å². The molecule has 17 heavy (non-hydrogen) atoms. The van der Waals surface area contributed by atoms with Crippen LogP contribution in [0.3, 0.4) is 0 Å². The summed E-state index contributed by atoms with van der Waals surface area (Å²) in [6.45, 7) is 9.54. The van der Waals surface area contributed by atoms with Crippen LogP contribution < -0.4 is 5.73 Å². The number of anilines is 1. The first kappa shape index (κ1) is 12.0.